The lowest BCUT2D eigenvalue weighted by molar-refractivity contribution is 0.0600. The molecule has 0 fully saturated rings. The summed E-state index contributed by atoms with van der Waals surface area (Å²) in [5, 5.41) is 11.0. The van der Waals surface area contributed by atoms with Crippen LogP contribution in [0.15, 0.2) is 47.4 Å². The number of tetrazole rings is 1. The molecular formula is C16H14FN5O4S. The number of hydrogen-bond acceptors (Lipinski definition) is 7. The highest BCUT2D eigenvalue weighted by atomic mass is 32.2. The largest absolute Gasteiger partial charge is 0.465 e. The zero-order chi connectivity index (χ0) is 19.6. The molecule has 0 aliphatic rings. The van der Waals surface area contributed by atoms with Crippen LogP contribution in [0, 0.1) is 12.7 Å². The lowest BCUT2D eigenvalue weighted by Gasteiger charge is -2.11. The first-order valence-corrected chi connectivity index (χ1v) is 9.06. The lowest BCUT2D eigenvalue weighted by atomic mass is 10.2. The van der Waals surface area contributed by atoms with E-state index in [1.807, 2.05) is 0 Å². The summed E-state index contributed by atoms with van der Waals surface area (Å²) in [7, 11) is -2.86. The minimum absolute atomic E-state index is 0.140. The van der Waals surface area contributed by atoms with E-state index in [0.29, 0.717) is 11.5 Å². The Morgan fingerprint density at radius 3 is 2.48 bits per heavy atom. The molecule has 0 saturated carbocycles. The molecule has 1 heterocycles. The smallest absolute Gasteiger partial charge is 0.337 e. The minimum atomic E-state index is -4.08. The first kappa shape index (κ1) is 18.5. The van der Waals surface area contributed by atoms with Crippen LogP contribution in [0.2, 0.25) is 0 Å². The molecule has 0 atom stereocenters. The van der Waals surface area contributed by atoms with E-state index >= 15 is 0 Å². The fraction of sp³-hybridized carbons (Fsp3) is 0.125. The van der Waals surface area contributed by atoms with Crippen molar-refractivity contribution in [2.45, 2.75) is 11.8 Å². The molecule has 3 rings (SSSR count). The van der Waals surface area contributed by atoms with Crippen molar-refractivity contribution in [1.82, 2.24) is 20.2 Å². The molecule has 27 heavy (non-hydrogen) atoms. The number of carbonyl (C=O) groups is 1. The van der Waals surface area contributed by atoms with Crippen LogP contribution in [-0.4, -0.2) is 41.7 Å². The van der Waals surface area contributed by atoms with Crippen LogP contribution in [0.3, 0.4) is 0 Å². The number of benzene rings is 2. The van der Waals surface area contributed by atoms with E-state index in [1.165, 1.54) is 48.2 Å². The topological polar surface area (TPSA) is 116 Å². The number of hydrogen-bond donors (Lipinski definition) is 1. The van der Waals surface area contributed by atoms with Gasteiger partial charge in [-0.2, -0.15) is 4.68 Å². The van der Waals surface area contributed by atoms with Crippen LogP contribution >= 0.6 is 0 Å². The Hall–Kier alpha value is -3.34. The van der Waals surface area contributed by atoms with Crippen molar-refractivity contribution in [2.75, 3.05) is 11.8 Å². The van der Waals surface area contributed by atoms with Gasteiger partial charge in [0.2, 0.25) is 0 Å². The number of anilines is 1. The number of nitrogens with one attached hydrogen (secondary N) is 1. The Morgan fingerprint density at radius 1 is 1.19 bits per heavy atom. The van der Waals surface area contributed by atoms with E-state index in [4.69, 9.17) is 0 Å². The molecule has 1 aromatic heterocycles. The number of esters is 1. The predicted octanol–water partition coefficient (Wildman–Crippen LogP) is 1.70. The van der Waals surface area contributed by atoms with Gasteiger partial charge in [0, 0.05) is 0 Å². The Labute approximate surface area is 153 Å². The Bertz CT molecular complexity index is 1100. The van der Waals surface area contributed by atoms with Gasteiger partial charge in [0.05, 0.1) is 28.9 Å². The lowest BCUT2D eigenvalue weighted by Crippen LogP contribution is -2.15. The van der Waals surface area contributed by atoms with Gasteiger partial charge < -0.3 is 4.74 Å². The zero-order valence-electron chi connectivity index (χ0n) is 14.2. The molecule has 2 aromatic carbocycles. The number of carbonyl (C=O) groups excluding carboxylic acids is 1. The first-order chi connectivity index (χ1) is 12.8. The minimum Gasteiger partial charge on any atom is -0.465 e. The quantitative estimate of drug-likeness (QED) is 0.658. The standard InChI is InChI=1S/C16H14FN5O4S/c1-10-18-20-21-22(10)12-5-8-14(17)15(9-12)19-27(24,25)13-6-3-11(4-7-13)16(23)26-2/h3-9,19H,1-2H3. The van der Waals surface area contributed by atoms with E-state index in [2.05, 4.69) is 25.0 Å². The molecule has 140 valence electrons. The molecule has 0 unspecified atom stereocenters. The average Bonchev–Trinajstić information content (AvgIpc) is 3.09. The summed E-state index contributed by atoms with van der Waals surface area (Å²) in [4.78, 5) is 11.3. The van der Waals surface area contributed by atoms with Crippen molar-refractivity contribution in [3.63, 3.8) is 0 Å². The van der Waals surface area contributed by atoms with Crippen LogP contribution < -0.4 is 4.72 Å². The van der Waals surface area contributed by atoms with Gasteiger partial charge in [-0.25, -0.2) is 17.6 Å². The van der Waals surface area contributed by atoms with E-state index < -0.39 is 21.8 Å². The molecule has 0 radical (unpaired) electrons. The number of ether oxygens (including phenoxy) is 1. The number of nitrogens with zero attached hydrogens (tertiary/aromatic N) is 4. The van der Waals surface area contributed by atoms with Crippen molar-refractivity contribution >= 4 is 21.7 Å². The van der Waals surface area contributed by atoms with E-state index in [0.717, 1.165) is 6.07 Å². The van der Waals surface area contributed by atoms with Crippen molar-refractivity contribution in [2.24, 2.45) is 0 Å². The number of methoxy groups -OCH3 is 1. The Morgan fingerprint density at radius 2 is 1.89 bits per heavy atom. The maximum atomic E-state index is 14.1. The third-order valence-electron chi connectivity index (χ3n) is 3.65. The molecule has 9 nitrogen and oxygen atoms in total. The highest BCUT2D eigenvalue weighted by Crippen LogP contribution is 2.23. The summed E-state index contributed by atoms with van der Waals surface area (Å²) < 4.78 is 47.3. The normalized spacial score (nSPS) is 11.2. The second-order valence-corrected chi connectivity index (χ2v) is 7.11. The summed E-state index contributed by atoms with van der Waals surface area (Å²) in [6.07, 6.45) is 0. The zero-order valence-corrected chi connectivity index (χ0v) is 15.1. The van der Waals surface area contributed by atoms with E-state index in [-0.39, 0.29) is 16.1 Å². The van der Waals surface area contributed by atoms with Crippen molar-refractivity contribution in [3.8, 4) is 5.69 Å². The molecule has 0 spiro atoms. The molecule has 0 aliphatic heterocycles. The molecule has 3 aromatic rings. The van der Waals surface area contributed by atoms with Gasteiger partial charge in [-0.1, -0.05) is 0 Å². The van der Waals surface area contributed by atoms with Crippen molar-refractivity contribution in [1.29, 1.82) is 0 Å². The van der Waals surface area contributed by atoms with Crippen molar-refractivity contribution in [3.05, 3.63) is 59.7 Å². The number of sulfonamides is 1. The van der Waals surface area contributed by atoms with Gasteiger partial charge in [-0.05, 0) is 59.8 Å². The molecule has 0 amide bonds. The summed E-state index contributed by atoms with van der Waals surface area (Å²) in [6.45, 7) is 1.65. The van der Waals surface area contributed by atoms with E-state index in [9.17, 15) is 17.6 Å². The summed E-state index contributed by atoms with van der Waals surface area (Å²) >= 11 is 0. The fourth-order valence-electron chi connectivity index (χ4n) is 2.29. The number of aryl methyl sites for hydroxylation is 1. The Kier molecular flexibility index (Phi) is 4.86. The molecule has 0 bridgehead atoms. The van der Waals surface area contributed by atoms with Gasteiger partial charge in [-0.15, -0.1) is 5.10 Å². The van der Waals surface area contributed by atoms with Crippen LogP contribution in [0.1, 0.15) is 16.2 Å². The maximum absolute atomic E-state index is 14.1. The van der Waals surface area contributed by atoms with Crippen molar-refractivity contribution < 1.29 is 22.3 Å². The summed E-state index contributed by atoms with van der Waals surface area (Å²) in [6, 6.07) is 8.86. The predicted molar refractivity (Wildman–Crippen MR) is 92.4 cm³/mol. The SMILES string of the molecule is COC(=O)c1ccc(S(=O)(=O)Nc2cc(-n3nnnc3C)ccc2F)cc1. The molecule has 0 aliphatic carbocycles. The van der Waals surface area contributed by atoms with Crippen LogP contribution in [-0.2, 0) is 14.8 Å². The highest BCUT2D eigenvalue weighted by Gasteiger charge is 2.18. The molecule has 11 heteroatoms. The number of aromatic nitrogens is 4. The van der Waals surface area contributed by atoms with Crippen LogP contribution in [0.4, 0.5) is 10.1 Å². The summed E-state index contributed by atoms with van der Waals surface area (Å²) in [5.41, 5.74) is 0.316. The Balaban J connectivity index is 1.92. The van der Waals surface area contributed by atoms with E-state index in [1.54, 1.807) is 6.92 Å². The number of halogens is 1. The number of rotatable bonds is 5. The van der Waals surface area contributed by atoms with Gasteiger partial charge in [0.25, 0.3) is 10.0 Å². The van der Waals surface area contributed by atoms with Gasteiger partial charge in [0.15, 0.2) is 5.82 Å². The second-order valence-electron chi connectivity index (χ2n) is 5.42. The van der Waals surface area contributed by atoms with Gasteiger partial charge in [-0.3, -0.25) is 4.72 Å². The maximum Gasteiger partial charge on any atom is 0.337 e. The fourth-order valence-corrected chi connectivity index (χ4v) is 3.34. The third-order valence-corrected chi connectivity index (χ3v) is 5.03. The summed E-state index contributed by atoms with van der Waals surface area (Å²) in [5.74, 6) is -0.907. The average molecular weight is 391 g/mol. The van der Waals surface area contributed by atoms with Crippen LogP contribution in [0.5, 0.6) is 0 Å². The van der Waals surface area contributed by atoms with Crippen LogP contribution in [0.25, 0.3) is 5.69 Å². The molecule has 0 saturated heterocycles. The first-order valence-electron chi connectivity index (χ1n) is 7.58. The molecule has 1 N–H and O–H groups in total. The second kappa shape index (κ2) is 7.11. The third kappa shape index (κ3) is 3.77. The monoisotopic (exact) mass is 391 g/mol. The van der Waals surface area contributed by atoms with Gasteiger partial charge in [0.1, 0.15) is 5.82 Å². The molecular weight excluding hydrogens is 377 g/mol. The highest BCUT2D eigenvalue weighted by molar-refractivity contribution is 7.92. The van der Waals surface area contributed by atoms with Gasteiger partial charge >= 0.3 is 5.97 Å².